The van der Waals surface area contributed by atoms with Crippen LogP contribution in [-0.4, -0.2) is 37.2 Å². The highest BCUT2D eigenvalue weighted by atomic mass is 16.5. The lowest BCUT2D eigenvalue weighted by Gasteiger charge is -2.53. The molecule has 4 atom stereocenters. The zero-order valence-corrected chi connectivity index (χ0v) is 12.4. The molecule has 0 radical (unpaired) electrons. The van der Waals surface area contributed by atoms with Crippen LogP contribution < -0.4 is 5.73 Å². The molecule has 0 aliphatic carbocycles. The summed E-state index contributed by atoms with van der Waals surface area (Å²) in [5, 5.41) is 0. The van der Waals surface area contributed by atoms with Crippen LogP contribution in [0.15, 0.2) is 0 Å². The number of nitrogens with two attached hydrogens (primary N) is 1. The monoisotopic (exact) mass is 256 g/mol. The maximum atomic E-state index is 10.8. The Kier molecular flexibility index (Phi) is 5.02. The van der Waals surface area contributed by atoms with E-state index in [1.165, 1.54) is 6.42 Å². The van der Waals surface area contributed by atoms with Gasteiger partial charge in [-0.1, -0.05) is 20.8 Å². The Hall–Kier alpha value is -0.770. The number of nitrogens with zero attached hydrogens (tertiary/aromatic N) is 1. The lowest BCUT2D eigenvalue weighted by molar-refractivity contribution is -0.0583. The molecule has 1 saturated heterocycles. The smallest absolute Gasteiger partial charge is 0.404 e. The largest absolute Gasteiger partial charge is 0.449 e. The minimum Gasteiger partial charge on any atom is -0.449 e. The number of carbonyl (C=O) groups excluding carboxylic acids is 1. The molecule has 1 aliphatic rings. The van der Waals surface area contributed by atoms with Crippen LogP contribution in [0.25, 0.3) is 0 Å². The normalized spacial score (nSPS) is 35.2. The Morgan fingerprint density at radius 3 is 2.67 bits per heavy atom. The molecule has 1 rings (SSSR count). The minimum absolute atomic E-state index is 0.164. The van der Waals surface area contributed by atoms with Gasteiger partial charge in [0.15, 0.2) is 0 Å². The molecule has 4 heteroatoms. The van der Waals surface area contributed by atoms with E-state index in [4.69, 9.17) is 10.5 Å². The molecule has 0 aromatic carbocycles. The van der Waals surface area contributed by atoms with Crippen LogP contribution >= 0.6 is 0 Å². The minimum atomic E-state index is -0.665. The molecule has 4 unspecified atom stereocenters. The third-order valence-electron chi connectivity index (χ3n) is 5.34. The average Bonchev–Trinajstić information content (AvgIpc) is 2.32. The fraction of sp³-hybridized carbons (Fsp3) is 0.929. The molecule has 0 bridgehead atoms. The van der Waals surface area contributed by atoms with Crippen LogP contribution in [0.5, 0.6) is 0 Å². The first-order valence-electron chi connectivity index (χ1n) is 6.96. The van der Waals surface area contributed by atoms with Crippen molar-refractivity contribution >= 4 is 6.09 Å². The van der Waals surface area contributed by atoms with Gasteiger partial charge < -0.3 is 15.4 Å². The molecule has 0 aromatic heterocycles. The first-order chi connectivity index (χ1) is 8.33. The van der Waals surface area contributed by atoms with Crippen LogP contribution in [0.3, 0.4) is 0 Å². The SMILES string of the molecule is CCC(COC(N)=O)C1(C)C(C)CCN(C)C1C. The fourth-order valence-electron chi connectivity index (χ4n) is 3.45. The Labute approximate surface area is 111 Å². The maximum absolute atomic E-state index is 10.8. The molecular weight excluding hydrogens is 228 g/mol. The predicted molar refractivity (Wildman–Crippen MR) is 73.3 cm³/mol. The van der Waals surface area contributed by atoms with E-state index in [2.05, 4.69) is 39.6 Å². The van der Waals surface area contributed by atoms with E-state index in [-0.39, 0.29) is 5.41 Å². The molecule has 0 saturated carbocycles. The third-order valence-corrected chi connectivity index (χ3v) is 5.34. The fourth-order valence-corrected chi connectivity index (χ4v) is 3.45. The molecule has 106 valence electrons. The number of carbonyl (C=O) groups is 1. The van der Waals surface area contributed by atoms with Gasteiger partial charge in [-0.2, -0.15) is 0 Å². The van der Waals surface area contributed by atoms with Crippen molar-refractivity contribution in [2.45, 2.75) is 46.6 Å². The Morgan fingerprint density at radius 2 is 2.17 bits per heavy atom. The number of hydrogen-bond acceptors (Lipinski definition) is 3. The Morgan fingerprint density at radius 1 is 1.56 bits per heavy atom. The second-order valence-electron chi connectivity index (χ2n) is 5.95. The quantitative estimate of drug-likeness (QED) is 0.840. The molecule has 2 N–H and O–H groups in total. The summed E-state index contributed by atoms with van der Waals surface area (Å²) >= 11 is 0. The number of likely N-dealkylation sites (tertiary alicyclic amines) is 1. The number of ether oxygens (including phenoxy) is 1. The lowest BCUT2D eigenvalue weighted by Crippen LogP contribution is -2.56. The van der Waals surface area contributed by atoms with E-state index < -0.39 is 6.09 Å². The standard InChI is InChI=1S/C14H28N2O2/c1-6-12(9-18-13(15)17)14(4)10(2)7-8-16(5)11(14)3/h10-12H,6-9H2,1-5H3,(H2,15,17). The van der Waals surface area contributed by atoms with Crippen LogP contribution in [0.1, 0.15) is 40.5 Å². The van der Waals surface area contributed by atoms with Gasteiger partial charge in [0.25, 0.3) is 0 Å². The van der Waals surface area contributed by atoms with Crippen LogP contribution in [0.4, 0.5) is 4.79 Å². The van der Waals surface area contributed by atoms with E-state index in [0.29, 0.717) is 24.5 Å². The van der Waals surface area contributed by atoms with Crippen molar-refractivity contribution in [3.63, 3.8) is 0 Å². The van der Waals surface area contributed by atoms with Crippen molar-refractivity contribution in [1.82, 2.24) is 4.90 Å². The molecule has 1 fully saturated rings. The highest BCUT2D eigenvalue weighted by Gasteiger charge is 2.47. The van der Waals surface area contributed by atoms with Crippen LogP contribution in [-0.2, 0) is 4.74 Å². The summed E-state index contributed by atoms with van der Waals surface area (Å²) in [5.74, 6) is 0.989. The number of primary amides is 1. The summed E-state index contributed by atoms with van der Waals surface area (Å²) in [4.78, 5) is 13.2. The second kappa shape index (κ2) is 5.91. The van der Waals surface area contributed by atoms with Gasteiger partial charge >= 0.3 is 6.09 Å². The van der Waals surface area contributed by atoms with Gasteiger partial charge in [-0.3, -0.25) is 0 Å². The molecular formula is C14H28N2O2. The van der Waals surface area contributed by atoms with Gasteiger partial charge in [0, 0.05) is 12.0 Å². The van der Waals surface area contributed by atoms with Gasteiger partial charge in [0.05, 0.1) is 6.61 Å². The van der Waals surface area contributed by atoms with E-state index in [1.807, 2.05) is 0 Å². The van der Waals surface area contributed by atoms with Gasteiger partial charge in [0.1, 0.15) is 0 Å². The first kappa shape index (κ1) is 15.3. The van der Waals surface area contributed by atoms with Crippen molar-refractivity contribution in [3.05, 3.63) is 0 Å². The van der Waals surface area contributed by atoms with E-state index in [1.54, 1.807) is 0 Å². The molecule has 1 amide bonds. The summed E-state index contributed by atoms with van der Waals surface area (Å²) in [6.07, 6.45) is 1.54. The summed E-state index contributed by atoms with van der Waals surface area (Å²) in [6.45, 7) is 10.7. The molecule has 1 heterocycles. The van der Waals surface area contributed by atoms with E-state index in [9.17, 15) is 4.79 Å². The summed E-state index contributed by atoms with van der Waals surface area (Å²) < 4.78 is 5.07. The zero-order valence-electron chi connectivity index (χ0n) is 12.4. The molecule has 1 aliphatic heterocycles. The molecule has 4 nitrogen and oxygen atoms in total. The van der Waals surface area contributed by atoms with Crippen LogP contribution in [0.2, 0.25) is 0 Å². The number of rotatable bonds is 4. The summed E-state index contributed by atoms with van der Waals surface area (Å²) in [5.41, 5.74) is 5.26. The maximum Gasteiger partial charge on any atom is 0.404 e. The zero-order chi connectivity index (χ0) is 13.9. The predicted octanol–water partition coefficient (Wildman–Crippen LogP) is 2.47. The number of piperidine rings is 1. The van der Waals surface area contributed by atoms with Crippen molar-refractivity contribution < 1.29 is 9.53 Å². The topological polar surface area (TPSA) is 55.6 Å². The van der Waals surface area contributed by atoms with E-state index >= 15 is 0 Å². The summed E-state index contributed by atoms with van der Waals surface area (Å²) in [6, 6.07) is 0.489. The van der Waals surface area contributed by atoms with Crippen molar-refractivity contribution in [1.29, 1.82) is 0 Å². The first-order valence-corrected chi connectivity index (χ1v) is 6.96. The third kappa shape index (κ3) is 2.79. The second-order valence-corrected chi connectivity index (χ2v) is 5.95. The van der Waals surface area contributed by atoms with Crippen molar-refractivity contribution in [2.75, 3.05) is 20.2 Å². The molecule has 0 spiro atoms. The molecule has 0 aromatic rings. The van der Waals surface area contributed by atoms with Crippen molar-refractivity contribution in [2.24, 2.45) is 23.0 Å². The summed E-state index contributed by atoms with van der Waals surface area (Å²) in [7, 11) is 2.18. The molecule has 18 heavy (non-hydrogen) atoms. The lowest BCUT2D eigenvalue weighted by atomic mass is 9.60. The van der Waals surface area contributed by atoms with Gasteiger partial charge in [-0.05, 0) is 44.7 Å². The highest BCUT2D eigenvalue weighted by Crippen LogP contribution is 2.46. The average molecular weight is 256 g/mol. The van der Waals surface area contributed by atoms with Gasteiger partial charge in [0.2, 0.25) is 0 Å². The van der Waals surface area contributed by atoms with Crippen LogP contribution in [0, 0.1) is 17.3 Å². The number of hydrogen-bond donors (Lipinski definition) is 1. The Bertz CT molecular complexity index is 296. The van der Waals surface area contributed by atoms with Crippen molar-refractivity contribution in [3.8, 4) is 0 Å². The number of amides is 1. The Balaban J connectivity index is 2.87. The van der Waals surface area contributed by atoms with Gasteiger partial charge in [-0.15, -0.1) is 0 Å². The van der Waals surface area contributed by atoms with E-state index in [0.717, 1.165) is 13.0 Å². The van der Waals surface area contributed by atoms with Gasteiger partial charge in [-0.25, -0.2) is 4.79 Å². The highest BCUT2D eigenvalue weighted by molar-refractivity contribution is 5.64.